The van der Waals surface area contributed by atoms with Crippen LogP contribution in [0, 0.1) is 35.2 Å². The molecule has 0 saturated heterocycles. The van der Waals surface area contributed by atoms with Crippen LogP contribution in [0.15, 0.2) is 36.7 Å². The van der Waals surface area contributed by atoms with Crippen LogP contribution in [0.2, 0.25) is 5.02 Å². The van der Waals surface area contributed by atoms with Crippen LogP contribution in [0.1, 0.15) is 32.2 Å². The van der Waals surface area contributed by atoms with E-state index in [4.69, 9.17) is 11.6 Å². The molecule has 1 aromatic heterocycles. The van der Waals surface area contributed by atoms with Gasteiger partial charge in [-0.1, -0.05) is 18.5 Å². The number of carbonyl (C=O) groups excluding carboxylic acids is 1. The van der Waals surface area contributed by atoms with E-state index in [0.29, 0.717) is 34.5 Å². The molecule has 0 bridgehead atoms. The van der Waals surface area contributed by atoms with Gasteiger partial charge in [0.25, 0.3) is 0 Å². The first-order chi connectivity index (χ1) is 15.4. The number of halogens is 4. The fourth-order valence-corrected chi connectivity index (χ4v) is 5.50. The van der Waals surface area contributed by atoms with Crippen molar-refractivity contribution in [3.8, 4) is 0 Å². The molecule has 0 aliphatic heterocycles. The lowest BCUT2D eigenvalue weighted by Crippen LogP contribution is -2.40. The second-order valence-electron chi connectivity index (χ2n) is 8.68. The average Bonchev–Trinajstić information content (AvgIpc) is 3.08. The summed E-state index contributed by atoms with van der Waals surface area (Å²) < 4.78 is 42.7. The molecule has 9 heteroatoms. The minimum Gasteiger partial charge on any atom is -0.335 e. The monoisotopic (exact) mass is 462 g/mol. The summed E-state index contributed by atoms with van der Waals surface area (Å²) in [5, 5.41) is 5.68. The molecule has 2 amide bonds. The summed E-state index contributed by atoms with van der Waals surface area (Å²) in [6.07, 6.45) is 4.25. The molecule has 2 fully saturated rings. The minimum atomic E-state index is -0.895. The average molecular weight is 463 g/mol. The standard InChI is InChI=1S/C23H22ClF3N4O/c1-2-19(30-23(32)29-11-3-4-15(24)16(25)5-11)22-13-6-12(7-14(13)22)31-10-28-20-8-17(26)18(27)9-21(20)31/h3-5,8-10,12-14,19,22H,2,6-7H2,1H3,(H2,29,30,32)/t12-,13-,14+,19-,22+/m1/s1. The van der Waals surface area contributed by atoms with Gasteiger partial charge in [-0.15, -0.1) is 0 Å². The topological polar surface area (TPSA) is 59.0 Å². The van der Waals surface area contributed by atoms with Crippen LogP contribution in [0.25, 0.3) is 11.0 Å². The third kappa shape index (κ3) is 3.70. The van der Waals surface area contributed by atoms with Crippen LogP contribution in [-0.2, 0) is 0 Å². The van der Waals surface area contributed by atoms with Crippen molar-refractivity contribution < 1.29 is 18.0 Å². The quantitative estimate of drug-likeness (QED) is 0.495. The van der Waals surface area contributed by atoms with Crippen LogP contribution in [0.4, 0.5) is 23.7 Å². The molecule has 32 heavy (non-hydrogen) atoms. The Kier molecular flexibility index (Phi) is 5.28. The number of amides is 2. The Morgan fingerprint density at radius 3 is 2.56 bits per heavy atom. The normalized spacial score (nSPS) is 24.9. The number of nitrogens with zero attached hydrogens (tertiary/aromatic N) is 2. The molecule has 1 heterocycles. The van der Waals surface area contributed by atoms with Gasteiger partial charge in [0.2, 0.25) is 0 Å². The molecule has 5 nitrogen and oxygen atoms in total. The lowest BCUT2D eigenvalue weighted by molar-refractivity contribution is 0.244. The van der Waals surface area contributed by atoms with Crippen molar-refractivity contribution in [3.05, 3.63) is 59.1 Å². The van der Waals surface area contributed by atoms with Crippen LogP contribution < -0.4 is 10.6 Å². The number of hydrogen-bond acceptors (Lipinski definition) is 2. The van der Waals surface area contributed by atoms with E-state index in [1.54, 1.807) is 12.4 Å². The van der Waals surface area contributed by atoms with Crippen molar-refractivity contribution in [2.75, 3.05) is 5.32 Å². The lowest BCUT2D eigenvalue weighted by Gasteiger charge is -2.22. The number of aromatic nitrogens is 2. The molecular weight excluding hydrogens is 441 g/mol. The van der Waals surface area contributed by atoms with Gasteiger partial charge in [0.15, 0.2) is 11.6 Å². The summed E-state index contributed by atoms with van der Waals surface area (Å²) >= 11 is 5.68. The Hall–Kier alpha value is -2.74. The van der Waals surface area contributed by atoms with Gasteiger partial charge in [-0.25, -0.2) is 22.9 Å². The number of benzene rings is 2. The van der Waals surface area contributed by atoms with E-state index in [1.165, 1.54) is 18.2 Å². The third-order valence-corrected chi connectivity index (χ3v) is 7.20. The zero-order valence-corrected chi connectivity index (χ0v) is 18.0. The Bertz CT molecular complexity index is 1190. The number of nitrogens with one attached hydrogen (secondary N) is 2. The van der Waals surface area contributed by atoms with E-state index in [9.17, 15) is 18.0 Å². The molecule has 2 aliphatic rings. The summed E-state index contributed by atoms with van der Waals surface area (Å²) in [4.78, 5) is 16.7. The summed E-state index contributed by atoms with van der Waals surface area (Å²) in [6, 6.07) is 6.28. The summed E-state index contributed by atoms with van der Waals surface area (Å²) in [5.41, 5.74) is 1.39. The summed E-state index contributed by atoms with van der Waals surface area (Å²) in [6.45, 7) is 2.03. The van der Waals surface area contributed by atoms with Crippen molar-refractivity contribution in [2.45, 2.75) is 38.3 Å². The van der Waals surface area contributed by atoms with Gasteiger partial charge in [-0.2, -0.15) is 0 Å². The number of carbonyl (C=O) groups is 1. The molecule has 2 aliphatic carbocycles. The van der Waals surface area contributed by atoms with Gasteiger partial charge in [-0.05, 0) is 55.2 Å². The molecule has 5 rings (SSSR count). The summed E-state index contributed by atoms with van der Waals surface area (Å²) in [5.74, 6) is -1.07. The van der Waals surface area contributed by atoms with Gasteiger partial charge in [0.1, 0.15) is 5.82 Å². The first-order valence-electron chi connectivity index (χ1n) is 10.7. The fourth-order valence-electron chi connectivity index (χ4n) is 5.38. The number of imidazole rings is 1. The second kappa shape index (κ2) is 7.99. The van der Waals surface area contributed by atoms with E-state index < -0.39 is 17.5 Å². The summed E-state index contributed by atoms with van der Waals surface area (Å²) in [7, 11) is 0. The smallest absolute Gasteiger partial charge is 0.319 e. The van der Waals surface area contributed by atoms with E-state index in [0.717, 1.165) is 25.3 Å². The van der Waals surface area contributed by atoms with Crippen LogP contribution >= 0.6 is 11.6 Å². The molecule has 168 valence electrons. The Morgan fingerprint density at radius 2 is 1.88 bits per heavy atom. The van der Waals surface area contributed by atoms with Crippen molar-refractivity contribution in [1.82, 2.24) is 14.9 Å². The molecule has 2 N–H and O–H groups in total. The van der Waals surface area contributed by atoms with Gasteiger partial charge in [0.05, 0.1) is 22.4 Å². The van der Waals surface area contributed by atoms with E-state index in [-0.39, 0.29) is 23.1 Å². The molecule has 0 unspecified atom stereocenters. The van der Waals surface area contributed by atoms with Crippen LogP contribution in [0.3, 0.4) is 0 Å². The number of anilines is 1. The second-order valence-corrected chi connectivity index (χ2v) is 9.09. The molecule has 2 aromatic carbocycles. The highest BCUT2D eigenvalue weighted by Gasteiger charge is 2.59. The van der Waals surface area contributed by atoms with E-state index >= 15 is 0 Å². The Labute approximate surface area is 188 Å². The SMILES string of the molecule is CC[C@@H](NC(=O)Nc1ccc(Cl)c(F)c1)[C@H]1[C@@H]2C[C@@H](n3cnc4cc(F)c(F)cc43)C[C@@H]21. The van der Waals surface area contributed by atoms with Crippen molar-refractivity contribution in [3.63, 3.8) is 0 Å². The molecule has 0 spiro atoms. The van der Waals surface area contributed by atoms with E-state index in [2.05, 4.69) is 15.6 Å². The van der Waals surface area contributed by atoms with Crippen molar-refractivity contribution in [1.29, 1.82) is 0 Å². The Morgan fingerprint density at radius 1 is 1.16 bits per heavy atom. The Balaban J connectivity index is 1.21. The molecule has 0 radical (unpaired) electrons. The number of rotatable bonds is 5. The first kappa shape index (κ1) is 21.1. The molecule has 3 aromatic rings. The highest BCUT2D eigenvalue weighted by Crippen LogP contribution is 2.62. The third-order valence-electron chi connectivity index (χ3n) is 6.89. The van der Waals surface area contributed by atoms with Gasteiger partial charge >= 0.3 is 6.03 Å². The molecular formula is C23H22ClF3N4O. The molecule has 5 atom stereocenters. The number of urea groups is 1. The maximum absolute atomic E-state index is 13.7. The zero-order valence-electron chi connectivity index (χ0n) is 17.3. The van der Waals surface area contributed by atoms with Crippen LogP contribution in [0.5, 0.6) is 0 Å². The van der Waals surface area contributed by atoms with E-state index in [1.807, 2.05) is 11.5 Å². The predicted octanol–water partition coefficient (Wildman–Crippen LogP) is 5.90. The zero-order chi connectivity index (χ0) is 22.6. The lowest BCUT2D eigenvalue weighted by atomic mass is 9.99. The largest absolute Gasteiger partial charge is 0.335 e. The number of fused-ring (bicyclic) bond motifs is 2. The van der Waals surface area contributed by atoms with Gasteiger partial charge in [0, 0.05) is 29.9 Å². The van der Waals surface area contributed by atoms with Crippen molar-refractivity contribution >= 4 is 34.4 Å². The van der Waals surface area contributed by atoms with Crippen LogP contribution in [-0.4, -0.2) is 21.6 Å². The first-order valence-corrected chi connectivity index (χ1v) is 11.1. The predicted molar refractivity (Wildman–Crippen MR) is 116 cm³/mol. The highest BCUT2D eigenvalue weighted by atomic mass is 35.5. The fraction of sp³-hybridized carbons (Fsp3) is 0.391. The maximum atomic E-state index is 13.7. The minimum absolute atomic E-state index is 0.00120. The molecule has 2 saturated carbocycles. The highest BCUT2D eigenvalue weighted by molar-refractivity contribution is 6.30. The van der Waals surface area contributed by atoms with Gasteiger partial charge in [-0.3, -0.25) is 0 Å². The maximum Gasteiger partial charge on any atom is 0.319 e. The number of hydrogen-bond donors (Lipinski definition) is 2. The van der Waals surface area contributed by atoms with Crippen molar-refractivity contribution in [2.24, 2.45) is 17.8 Å². The van der Waals surface area contributed by atoms with Gasteiger partial charge < -0.3 is 15.2 Å².